The number of pyridine rings is 1. The Morgan fingerprint density at radius 1 is 1.03 bits per heavy atom. The summed E-state index contributed by atoms with van der Waals surface area (Å²) in [6.45, 7) is 10.9. The molecule has 32 heavy (non-hydrogen) atoms. The Morgan fingerprint density at radius 2 is 1.78 bits per heavy atom. The van der Waals surface area contributed by atoms with E-state index in [4.69, 9.17) is 9.72 Å². The number of rotatable bonds is 6. The van der Waals surface area contributed by atoms with E-state index in [9.17, 15) is 0 Å². The first-order valence-electron chi connectivity index (χ1n) is 12.3. The van der Waals surface area contributed by atoms with Crippen LogP contribution < -0.4 is 4.90 Å². The van der Waals surface area contributed by atoms with Gasteiger partial charge in [-0.25, -0.2) is 0 Å². The summed E-state index contributed by atoms with van der Waals surface area (Å²) in [6, 6.07) is 14.0. The van der Waals surface area contributed by atoms with Gasteiger partial charge in [-0.3, -0.25) is 9.88 Å². The van der Waals surface area contributed by atoms with Crippen LogP contribution in [-0.2, 0) is 11.2 Å². The molecule has 0 radical (unpaired) electrons. The van der Waals surface area contributed by atoms with Crippen molar-refractivity contribution >= 4 is 16.6 Å². The fourth-order valence-electron chi connectivity index (χ4n) is 5.20. The minimum absolute atomic E-state index is 0.633. The van der Waals surface area contributed by atoms with E-state index < -0.39 is 0 Å². The maximum absolute atomic E-state index is 5.50. The van der Waals surface area contributed by atoms with Crippen LogP contribution in [0.3, 0.4) is 0 Å². The van der Waals surface area contributed by atoms with E-state index in [-0.39, 0.29) is 0 Å². The molecule has 2 fully saturated rings. The number of nitrogens with zero attached hydrogens (tertiary/aromatic N) is 3. The number of aromatic amines is 1. The first kappa shape index (κ1) is 21.5. The summed E-state index contributed by atoms with van der Waals surface area (Å²) in [5.41, 5.74) is 6.09. The van der Waals surface area contributed by atoms with Gasteiger partial charge in [0.1, 0.15) is 0 Å². The van der Waals surface area contributed by atoms with Crippen molar-refractivity contribution in [3.63, 3.8) is 0 Å². The molecule has 5 rings (SSSR count). The Bertz CT molecular complexity index is 1010. The van der Waals surface area contributed by atoms with Crippen LogP contribution in [0.25, 0.3) is 22.2 Å². The lowest BCUT2D eigenvalue weighted by atomic mass is 9.94. The Morgan fingerprint density at radius 3 is 2.50 bits per heavy atom. The summed E-state index contributed by atoms with van der Waals surface area (Å²) in [5.74, 6) is 0.794. The van der Waals surface area contributed by atoms with Gasteiger partial charge < -0.3 is 14.6 Å². The Balaban J connectivity index is 1.29. The van der Waals surface area contributed by atoms with Gasteiger partial charge in [0.25, 0.3) is 0 Å². The van der Waals surface area contributed by atoms with Gasteiger partial charge in [0, 0.05) is 79.5 Å². The zero-order valence-electron chi connectivity index (χ0n) is 19.5. The highest BCUT2D eigenvalue weighted by Crippen LogP contribution is 2.30. The number of piperazine rings is 1. The van der Waals surface area contributed by atoms with Crippen LogP contribution in [-0.4, -0.2) is 60.3 Å². The van der Waals surface area contributed by atoms with Crippen LogP contribution in [0.4, 0.5) is 5.69 Å². The van der Waals surface area contributed by atoms with Crippen LogP contribution in [0.1, 0.15) is 38.8 Å². The maximum Gasteiger partial charge on any atom is 0.0795 e. The lowest BCUT2D eigenvalue weighted by molar-refractivity contribution is 0.0639. The third kappa shape index (κ3) is 4.69. The third-order valence-corrected chi connectivity index (χ3v) is 7.32. The summed E-state index contributed by atoms with van der Waals surface area (Å²) >= 11 is 0. The average molecular weight is 433 g/mol. The van der Waals surface area contributed by atoms with E-state index >= 15 is 0 Å². The first-order valence-corrected chi connectivity index (χ1v) is 12.3. The second-order valence-electron chi connectivity index (χ2n) is 9.67. The fraction of sp³-hybridized carbons (Fsp3) is 0.519. The van der Waals surface area contributed by atoms with E-state index in [0.717, 1.165) is 57.4 Å². The number of anilines is 1. The molecule has 1 aromatic carbocycles. The van der Waals surface area contributed by atoms with Crippen molar-refractivity contribution in [3.8, 4) is 11.3 Å². The predicted octanol–water partition coefficient (Wildman–Crippen LogP) is 5.12. The molecule has 1 N–H and O–H groups in total. The molecule has 170 valence electrons. The summed E-state index contributed by atoms with van der Waals surface area (Å²) in [4.78, 5) is 13.5. The van der Waals surface area contributed by atoms with Crippen LogP contribution in [0.15, 0.2) is 42.6 Å². The van der Waals surface area contributed by atoms with Crippen molar-refractivity contribution < 1.29 is 4.74 Å². The molecule has 5 heteroatoms. The van der Waals surface area contributed by atoms with Crippen LogP contribution in [0.2, 0.25) is 0 Å². The number of hydrogen-bond acceptors (Lipinski definition) is 4. The number of fused-ring (bicyclic) bond motifs is 1. The van der Waals surface area contributed by atoms with E-state index in [1.807, 2.05) is 6.20 Å². The monoisotopic (exact) mass is 432 g/mol. The number of benzene rings is 1. The van der Waals surface area contributed by atoms with Crippen molar-refractivity contribution in [2.45, 2.75) is 45.6 Å². The number of aromatic nitrogens is 2. The molecule has 2 aliphatic rings. The molecule has 0 unspecified atom stereocenters. The summed E-state index contributed by atoms with van der Waals surface area (Å²) in [7, 11) is 0. The van der Waals surface area contributed by atoms with Crippen molar-refractivity contribution in [2.24, 2.45) is 5.92 Å². The minimum atomic E-state index is 0.633. The van der Waals surface area contributed by atoms with E-state index in [2.05, 4.69) is 65.0 Å². The molecule has 3 aromatic rings. The molecule has 0 bridgehead atoms. The number of nitrogens with one attached hydrogen (secondary N) is 1. The van der Waals surface area contributed by atoms with Crippen molar-refractivity contribution in [1.82, 2.24) is 14.9 Å². The maximum atomic E-state index is 5.50. The third-order valence-electron chi connectivity index (χ3n) is 7.32. The Labute approximate surface area is 191 Å². The zero-order valence-corrected chi connectivity index (χ0v) is 19.5. The summed E-state index contributed by atoms with van der Waals surface area (Å²) in [6.07, 6.45) is 6.66. The highest BCUT2D eigenvalue weighted by molar-refractivity contribution is 5.93. The molecule has 4 heterocycles. The van der Waals surface area contributed by atoms with Crippen LogP contribution in [0.5, 0.6) is 0 Å². The second-order valence-corrected chi connectivity index (χ2v) is 9.67. The average Bonchev–Trinajstić information content (AvgIpc) is 3.27. The van der Waals surface area contributed by atoms with Gasteiger partial charge >= 0.3 is 0 Å². The van der Waals surface area contributed by atoms with Crippen molar-refractivity contribution in [1.29, 1.82) is 0 Å². The molecular formula is C27H36N4O. The number of aryl methyl sites for hydroxylation is 1. The molecule has 2 aromatic heterocycles. The zero-order chi connectivity index (χ0) is 21.9. The lowest BCUT2D eigenvalue weighted by Gasteiger charge is -2.38. The number of hydrogen-bond donors (Lipinski definition) is 1. The molecule has 2 saturated heterocycles. The molecular weight excluding hydrogens is 396 g/mol. The summed E-state index contributed by atoms with van der Waals surface area (Å²) < 4.78 is 5.50. The van der Waals surface area contributed by atoms with Crippen molar-refractivity contribution in [2.75, 3.05) is 44.3 Å². The van der Waals surface area contributed by atoms with E-state index in [1.54, 1.807) is 0 Å². The largest absolute Gasteiger partial charge is 0.381 e. The second kappa shape index (κ2) is 9.63. The number of H-pyrrole nitrogens is 1. The Hall–Kier alpha value is -2.37. The fourth-order valence-corrected chi connectivity index (χ4v) is 5.20. The van der Waals surface area contributed by atoms with Gasteiger partial charge in [-0.15, -0.1) is 0 Å². The first-order chi connectivity index (χ1) is 15.7. The molecule has 5 nitrogen and oxygen atoms in total. The van der Waals surface area contributed by atoms with Gasteiger partial charge in [0.2, 0.25) is 0 Å². The normalized spacial score (nSPS) is 18.7. The topological polar surface area (TPSA) is 44.4 Å². The highest BCUT2D eigenvalue weighted by Gasteiger charge is 2.19. The van der Waals surface area contributed by atoms with Crippen LogP contribution in [0, 0.1) is 5.92 Å². The van der Waals surface area contributed by atoms with Gasteiger partial charge in [-0.1, -0.05) is 12.1 Å². The molecule has 0 saturated carbocycles. The number of ether oxygens (including phenoxy) is 1. The van der Waals surface area contributed by atoms with Gasteiger partial charge in [0.15, 0.2) is 0 Å². The highest BCUT2D eigenvalue weighted by atomic mass is 16.5. The van der Waals surface area contributed by atoms with Crippen LogP contribution >= 0.6 is 0 Å². The van der Waals surface area contributed by atoms with Crippen molar-refractivity contribution in [3.05, 3.63) is 48.3 Å². The van der Waals surface area contributed by atoms with Gasteiger partial charge in [-0.05, 0) is 69.7 Å². The SMILES string of the molecule is CC(C)N1CCN(c2ccc(-c3nccc4[nH]c(CCC5CCOCC5)cc34)cc2)CC1. The van der Waals surface area contributed by atoms with E-state index in [0.29, 0.717) is 6.04 Å². The molecule has 0 atom stereocenters. The lowest BCUT2D eigenvalue weighted by Crippen LogP contribution is -2.48. The minimum Gasteiger partial charge on any atom is -0.381 e. The Kier molecular flexibility index (Phi) is 6.47. The van der Waals surface area contributed by atoms with Gasteiger partial charge in [-0.2, -0.15) is 0 Å². The molecule has 0 amide bonds. The van der Waals surface area contributed by atoms with E-state index in [1.165, 1.54) is 47.1 Å². The smallest absolute Gasteiger partial charge is 0.0795 e. The standard InChI is InChI=1S/C27H36N4O/c1-20(2)30-13-15-31(16-14-30)24-7-4-22(5-8-24)27-25-19-23(29-26(25)9-12-28-27)6-3-21-10-17-32-18-11-21/h4-5,7-9,12,19-21,29H,3,6,10-11,13-18H2,1-2H3. The molecule has 0 aliphatic carbocycles. The predicted molar refractivity (Wildman–Crippen MR) is 132 cm³/mol. The summed E-state index contributed by atoms with van der Waals surface area (Å²) in [5, 5.41) is 1.23. The van der Waals surface area contributed by atoms with Gasteiger partial charge in [0.05, 0.1) is 5.69 Å². The molecule has 0 spiro atoms. The molecule has 2 aliphatic heterocycles. The quantitative estimate of drug-likeness (QED) is 0.587.